The molecule has 0 atom stereocenters. The smallest absolute Gasteiger partial charge is 0.400 e. The summed E-state index contributed by atoms with van der Waals surface area (Å²) in [5.74, 6) is 0. The Balaban J connectivity index is 2.55. The van der Waals surface area contributed by atoms with E-state index in [1.54, 1.807) is 0 Å². The molecule has 1 aromatic rings. The largest absolute Gasteiger partial charge is 0.490 e. The van der Waals surface area contributed by atoms with Crippen LogP contribution in [0, 0.1) is 0 Å². The van der Waals surface area contributed by atoms with E-state index in [1.165, 1.54) is 22.3 Å². The van der Waals surface area contributed by atoms with Gasteiger partial charge in [0.05, 0.1) is 11.2 Å². The van der Waals surface area contributed by atoms with E-state index in [4.69, 9.17) is 9.31 Å². The average molecular weight is 312 g/mol. The minimum atomic E-state index is -0.320. The summed E-state index contributed by atoms with van der Waals surface area (Å²) in [7, 11) is -0.315. The van der Waals surface area contributed by atoms with Gasteiger partial charge in [0.15, 0.2) is 0 Å². The molecule has 2 rings (SSSR count). The molecule has 0 unspecified atom stereocenters. The van der Waals surface area contributed by atoms with E-state index >= 15 is 0 Å². The summed E-state index contributed by atoms with van der Waals surface area (Å²) in [6, 6.07) is 10.5. The van der Waals surface area contributed by atoms with Gasteiger partial charge in [0.25, 0.3) is 0 Å². The molecule has 1 heterocycles. The van der Waals surface area contributed by atoms with Crippen LogP contribution >= 0.6 is 0 Å². The van der Waals surface area contributed by atoms with Gasteiger partial charge in [-0.05, 0) is 77.6 Å². The molecule has 1 aliphatic heterocycles. The normalized spacial score (nSPS) is 20.3. The van der Waals surface area contributed by atoms with E-state index < -0.39 is 0 Å². The van der Waals surface area contributed by atoms with Gasteiger partial charge >= 0.3 is 7.12 Å². The number of benzene rings is 1. The van der Waals surface area contributed by atoms with Crippen molar-refractivity contribution >= 4 is 12.7 Å². The summed E-state index contributed by atoms with van der Waals surface area (Å²) in [5, 5.41) is 0. The van der Waals surface area contributed by atoms with Crippen LogP contribution in [0.15, 0.2) is 47.0 Å². The van der Waals surface area contributed by atoms with Crippen molar-refractivity contribution in [3.8, 4) is 0 Å². The first-order valence-corrected chi connectivity index (χ1v) is 8.33. The molecule has 0 radical (unpaired) electrons. The fraction of sp³-hybridized carbons (Fsp3) is 0.500. The van der Waals surface area contributed by atoms with Crippen LogP contribution in [0.1, 0.15) is 61.0 Å². The second kappa shape index (κ2) is 6.29. The zero-order valence-corrected chi connectivity index (χ0v) is 15.8. The molecule has 23 heavy (non-hydrogen) atoms. The molecule has 0 amide bonds. The Bertz CT molecular complexity index is 619. The van der Waals surface area contributed by atoms with Gasteiger partial charge in [-0.25, -0.2) is 0 Å². The highest BCUT2D eigenvalue weighted by Crippen LogP contribution is 2.41. The van der Waals surface area contributed by atoms with Gasteiger partial charge in [0.2, 0.25) is 0 Å². The van der Waals surface area contributed by atoms with E-state index in [2.05, 4.69) is 79.7 Å². The maximum atomic E-state index is 6.26. The van der Waals surface area contributed by atoms with Crippen LogP contribution in [-0.4, -0.2) is 18.3 Å². The Morgan fingerprint density at radius 1 is 0.826 bits per heavy atom. The van der Waals surface area contributed by atoms with Gasteiger partial charge in [0.1, 0.15) is 0 Å². The topological polar surface area (TPSA) is 18.5 Å². The summed E-state index contributed by atoms with van der Waals surface area (Å²) in [6.07, 6.45) is 0. The molecule has 0 bridgehead atoms. The van der Waals surface area contributed by atoms with E-state index in [-0.39, 0.29) is 18.3 Å². The van der Waals surface area contributed by atoms with Gasteiger partial charge in [-0.15, -0.1) is 0 Å². The molecule has 0 aliphatic carbocycles. The summed E-state index contributed by atoms with van der Waals surface area (Å²) in [6.45, 7) is 17.0. The molecule has 0 aromatic heterocycles. The molecule has 0 saturated carbocycles. The van der Waals surface area contributed by atoms with E-state index in [9.17, 15) is 0 Å². The SMILES string of the molecule is CC(C)=C(C)/C(=C(/C)B1OC(C)(C)C(C)(C)O1)c1ccccc1. The first-order chi connectivity index (χ1) is 10.6. The lowest BCUT2D eigenvalue weighted by atomic mass is 9.73. The van der Waals surface area contributed by atoms with E-state index in [1.807, 2.05) is 6.07 Å². The third-order valence-electron chi connectivity index (χ3n) is 5.19. The Kier molecular flexibility index (Phi) is 4.93. The van der Waals surface area contributed by atoms with Crippen molar-refractivity contribution in [3.63, 3.8) is 0 Å². The van der Waals surface area contributed by atoms with Gasteiger partial charge < -0.3 is 9.31 Å². The first-order valence-electron chi connectivity index (χ1n) is 8.33. The molecule has 2 nitrogen and oxygen atoms in total. The van der Waals surface area contributed by atoms with Crippen LogP contribution in [0.4, 0.5) is 0 Å². The maximum absolute atomic E-state index is 6.26. The van der Waals surface area contributed by atoms with E-state index in [0.29, 0.717) is 0 Å². The van der Waals surface area contributed by atoms with Crippen LogP contribution in [0.5, 0.6) is 0 Å². The Hall–Kier alpha value is -1.32. The van der Waals surface area contributed by atoms with Crippen LogP contribution < -0.4 is 0 Å². The zero-order chi connectivity index (χ0) is 17.4. The van der Waals surface area contributed by atoms with Gasteiger partial charge in [-0.3, -0.25) is 0 Å². The quantitative estimate of drug-likeness (QED) is 0.546. The lowest BCUT2D eigenvalue weighted by Gasteiger charge is -2.32. The molecule has 1 fully saturated rings. The van der Waals surface area contributed by atoms with Crippen molar-refractivity contribution in [1.29, 1.82) is 0 Å². The highest BCUT2D eigenvalue weighted by Gasteiger charge is 2.52. The lowest BCUT2D eigenvalue weighted by molar-refractivity contribution is 0.00578. The highest BCUT2D eigenvalue weighted by atomic mass is 16.7. The number of hydrogen-bond donors (Lipinski definition) is 0. The van der Waals surface area contributed by atoms with Crippen molar-refractivity contribution in [2.45, 2.75) is 66.6 Å². The fourth-order valence-corrected chi connectivity index (χ4v) is 2.73. The van der Waals surface area contributed by atoms with Crippen LogP contribution in [0.2, 0.25) is 0 Å². The van der Waals surface area contributed by atoms with Crippen LogP contribution in [0.3, 0.4) is 0 Å². The molecule has 0 spiro atoms. The Morgan fingerprint density at radius 3 is 1.74 bits per heavy atom. The van der Waals surface area contributed by atoms with E-state index in [0.717, 1.165) is 5.47 Å². The Labute approximate surface area is 141 Å². The highest BCUT2D eigenvalue weighted by molar-refractivity contribution is 6.56. The first kappa shape index (κ1) is 18.0. The average Bonchev–Trinajstić information content (AvgIpc) is 2.68. The molecule has 124 valence electrons. The third-order valence-corrected chi connectivity index (χ3v) is 5.19. The summed E-state index contributed by atoms with van der Waals surface area (Å²) < 4.78 is 12.5. The molecule has 3 heteroatoms. The second-order valence-corrected chi connectivity index (χ2v) is 7.64. The summed E-state index contributed by atoms with van der Waals surface area (Å²) in [4.78, 5) is 0. The summed E-state index contributed by atoms with van der Waals surface area (Å²) >= 11 is 0. The predicted molar refractivity (Wildman–Crippen MR) is 99.2 cm³/mol. The number of hydrogen-bond acceptors (Lipinski definition) is 2. The zero-order valence-electron chi connectivity index (χ0n) is 15.8. The molecule has 1 aliphatic rings. The van der Waals surface area contributed by atoms with Crippen molar-refractivity contribution in [1.82, 2.24) is 0 Å². The minimum Gasteiger partial charge on any atom is -0.400 e. The van der Waals surface area contributed by atoms with Gasteiger partial charge in [-0.2, -0.15) is 0 Å². The third kappa shape index (κ3) is 3.46. The fourth-order valence-electron chi connectivity index (χ4n) is 2.73. The van der Waals surface area contributed by atoms with Crippen molar-refractivity contribution in [2.75, 3.05) is 0 Å². The monoisotopic (exact) mass is 312 g/mol. The molecule has 1 saturated heterocycles. The number of allylic oxidation sites excluding steroid dienone is 4. The predicted octanol–water partition coefficient (Wildman–Crippen LogP) is 5.45. The van der Waals surface area contributed by atoms with Crippen molar-refractivity contribution < 1.29 is 9.31 Å². The molecule has 0 N–H and O–H groups in total. The van der Waals surface area contributed by atoms with Crippen LogP contribution in [-0.2, 0) is 9.31 Å². The maximum Gasteiger partial charge on any atom is 0.490 e. The van der Waals surface area contributed by atoms with Gasteiger partial charge in [-0.1, -0.05) is 35.9 Å². The minimum absolute atomic E-state index is 0.315. The second-order valence-electron chi connectivity index (χ2n) is 7.64. The van der Waals surface area contributed by atoms with Crippen molar-refractivity contribution in [3.05, 3.63) is 52.5 Å². The summed E-state index contributed by atoms with van der Waals surface area (Å²) in [5.41, 5.74) is 5.51. The lowest BCUT2D eigenvalue weighted by Crippen LogP contribution is -2.41. The van der Waals surface area contributed by atoms with Crippen molar-refractivity contribution in [2.24, 2.45) is 0 Å². The molecular weight excluding hydrogens is 283 g/mol. The molecule has 1 aromatic carbocycles. The van der Waals surface area contributed by atoms with Gasteiger partial charge in [0, 0.05) is 0 Å². The standard InChI is InChI=1S/C20H29BO2/c1-14(2)15(3)18(17-12-10-9-11-13-17)16(4)21-22-19(5,6)20(7,8)23-21/h9-13H,1-8H3/b18-16+. The molecular formula is C20H29BO2. The van der Waals surface area contributed by atoms with Crippen LogP contribution in [0.25, 0.3) is 5.57 Å². The number of rotatable bonds is 3. The Morgan fingerprint density at radius 2 is 1.30 bits per heavy atom.